The van der Waals surface area contributed by atoms with Crippen molar-refractivity contribution in [3.63, 3.8) is 0 Å². The third-order valence-electron chi connectivity index (χ3n) is 3.98. The normalized spacial score (nSPS) is 10.5. The van der Waals surface area contributed by atoms with Gasteiger partial charge in [-0.15, -0.1) is 0 Å². The molecule has 0 unspecified atom stereocenters. The molecule has 1 amide bonds. The summed E-state index contributed by atoms with van der Waals surface area (Å²) in [5.74, 6) is 1.77. The Hall–Kier alpha value is -3.15. The zero-order valence-electron chi connectivity index (χ0n) is 14.9. The van der Waals surface area contributed by atoms with Gasteiger partial charge in [0.1, 0.15) is 5.75 Å². The van der Waals surface area contributed by atoms with E-state index in [0.29, 0.717) is 30.2 Å². The summed E-state index contributed by atoms with van der Waals surface area (Å²) in [6, 6.07) is 15.0. The van der Waals surface area contributed by atoms with Crippen molar-refractivity contribution in [1.29, 1.82) is 0 Å². The number of nitrogens with one attached hydrogen (secondary N) is 1. The van der Waals surface area contributed by atoms with Crippen LogP contribution < -0.4 is 10.1 Å². The monoisotopic (exact) mass is 351 g/mol. The van der Waals surface area contributed by atoms with Gasteiger partial charge in [0.05, 0.1) is 7.11 Å². The van der Waals surface area contributed by atoms with Crippen LogP contribution in [0.4, 0.5) is 0 Å². The zero-order chi connectivity index (χ0) is 18.4. The van der Waals surface area contributed by atoms with Gasteiger partial charge >= 0.3 is 0 Å². The van der Waals surface area contributed by atoms with E-state index in [1.165, 1.54) is 5.56 Å². The predicted molar refractivity (Wildman–Crippen MR) is 98.1 cm³/mol. The quantitative estimate of drug-likeness (QED) is 0.660. The molecule has 0 spiro atoms. The number of hydrogen-bond acceptors (Lipinski definition) is 5. The largest absolute Gasteiger partial charge is 0.497 e. The molecule has 1 heterocycles. The molecular weight excluding hydrogens is 330 g/mol. The minimum Gasteiger partial charge on any atom is -0.497 e. The Morgan fingerprint density at radius 1 is 1.12 bits per heavy atom. The number of carbonyl (C=O) groups excluding carboxylic acids is 1. The van der Waals surface area contributed by atoms with Crippen LogP contribution in [-0.2, 0) is 6.42 Å². The molecule has 3 rings (SSSR count). The highest BCUT2D eigenvalue weighted by Gasteiger charge is 2.09. The molecule has 0 atom stereocenters. The lowest BCUT2D eigenvalue weighted by molar-refractivity contribution is 0.0953. The summed E-state index contributed by atoms with van der Waals surface area (Å²) < 4.78 is 10.4. The molecule has 0 radical (unpaired) electrons. The number of benzene rings is 2. The summed E-state index contributed by atoms with van der Waals surface area (Å²) in [5, 5.41) is 6.89. The maximum absolute atomic E-state index is 12.1. The number of carbonyl (C=O) groups is 1. The number of methoxy groups -OCH3 is 1. The fourth-order valence-electron chi connectivity index (χ4n) is 2.46. The summed E-state index contributed by atoms with van der Waals surface area (Å²) in [7, 11) is 1.59. The molecule has 3 aromatic rings. The average Bonchev–Trinajstić information content (AvgIpc) is 3.14. The minimum atomic E-state index is -0.112. The SMILES string of the molecule is COc1ccc(C(=O)NCCCc2nc(-c3ccc(C)cc3)no2)cc1. The summed E-state index contributed by atoms with van der Waals surface area (Å²) >= 11 is 0. The van der Waals surface area contributed by atoms with Crippen LogP contribution in [0.3, 0.4) is 0 Å². The predicted octanol–water partition coefficient (Wildman–Crippen LogP) is 3.42. The van der Waals surface area contributed by atoms with Crippen molar-refractivity contribution in [2.45, 2.75) is 19.8 Å². The van der Waals surface area contributed by atoms with Crippen molar-refractivity contribution in [1.82, 2.24) is 15.5 Å². The summed E-state index contributed by atoms with van der Waals surface area (Å²) in [5.41, 5.74) is 2.72. The molecule has 0 aliphatic heterocycles. The van der Waals surface area contributed by atoms with Crippen LogP contribution in [0.25, 0.3) is 11.4 Å². The van der Waals surface area contributed by atoms with Gasteiger partial charge in [-0.2, -0.15) is 4.98 Å². The van der Waals surface area contributed by atoms with Gasteiger partial charge in [-0.3, -0.25) is 4.79 Å². The molecule has 1 N–H and O–H groups in total. The molecule has 134 valence electrons. The maximum Gasteiger partial charge on any atom is 0.251 e. The van der Waals surface area contributed by atoms with Gasteiger partial charge in [0.15, 0.2) is 0 Å². The van der Waals surface area contributed by atoms with Gasteiger partial charge in [-0.1, -0.05) is 35.0 Å². The minimum absolute atomic E-state index is 0.112. The number of aryl methyl sites for hydroxylation is 2. The zero-order valence-corrected chi connectivity index (χ0v) is 14.9. The van der Waals surface area contributed by atoms with Crippen LogP contribution in [0.15, 0.2) is 53.1 Å². The van der Waals surface area contributed by atoms with E-state index in [1.54, 1.807) is 31.4 Å². The Labute approximate surface area is 152 Å². The van der Waals surface area contributed by atoms with Gasteiger partial charge in [0.25, 0.3) is 5.91 Å². The molecule has 1 aromatic heterocycles. The molecule has 6 heteroatoms. The Balaban J connectivity index is 1.46. The number of hydrogen-bond donors (Lipinski definition) is 1. The molecule has 0 saturated heterocycles. The lowest BCUT2D eigenvalue weighted by atomic mass is 10.1. The second-order valence-electron chi connectivity index (χ2n) is 5.97. The second-order valence-corrected chi connectivity index (χ2v) is 5.97. The molecule has 26 heavy (non-hydrogen) atoms. The highest BCUT2D eigenvalue weighted by atomic mass is 16.5. The summed E-state index contributed by atoms with van der Waals surface area (Å²) in [4.78, 5) is 16.5. The van der Waals surface area contributed by atoms with E-state index in [-0.39, 0.29) is 5.91 Å². The third-order valence-corrected chi connectivity index (χ3v) is 3.98. The van der Waals surface area contributed by atoms with Gasteiger partial charge in [-0.25, -0.2) is 0 Å². The molecular formula is C20H21N3O3. The van der Waals surface area contributed by atoms with Crippen LogP contribution in [-0.4, -0.2) is 29.7 Å². The van der Waals surface area contributed by atoms with Crippen molar-refractivity contribution in [2.75, 3.05) is 13.7 Å². The van der Waals surface area contributed by atoms with Crippen molar-refractivity contribution in [2.24, 2.45) is 0 Å². The first-order valence-corrected chi connectivity index (χ1v) is 8.47. The molecule has 2 aromatic carbocycles. The topological polar surface area (TPSA) is 77.2 Å². The number of nitrogens with zero attached hydrogens (tertiary/aromatic N) is 2. The van der Waals surface area contributed by atoms with Gasteiger partial charge in [-0.05, 0) is 37.6 Å². The van der Waals surface area contributed by atoms with E-state index in [9.17, 15) is 4.79 Å². The summed E-state index contributed by atoms with van der Waals surface area (Å²) in [6.07, 6.45) is 1.33. The first kappa shape index (κ1) is 17.7. The van der Waals surface area contributed by atoms with E-state index in [2.05, 4.69) is 15.5 Å². The number of ether oxygens (including phenoxy) is 1. The first-order chi connectivity index (χ1) is 12.7. The van der Waals surface area contributed by atoms with E-state index in [1.807, 2.05) is 31.2 Å². The average molecular weight is 351 g/mol. The van der Waals surface area contributed by atoms with Crippen LogP contribution in [0.2, 0.25) is 0 Å². The fourth-order valence-corrected chi connectivity index (χ4v) is 2.46. The van der Waals surface area contributed by atoms with Crippen molar-refractivity contribution < 1.29 is 14.1 Å². The Kier molecular flexibility index (Phi) is 5.63. The number of rotatable bonds is 7. The van der Waals surface area contributed by atoms with Crippen molar-refractivity contribution in [3.8, 4) is 17.1 Å². The standard InChI is InChI=1S/C20H21N3O3/c1-14-5-7-15(8-6-14)19-22-18(26-23-19)4-3-13-21-20(24)16-9-11-17(25-2)12-10-16/h5-12H,3-4,13H2,1-2H3,(H,21,24). The van der Waals surface area contributed by atoms with Gasteiger partial charge in [0.2, 0.25) is 11.7 Å². The molecule has 0 bridgehead atoms. The second kappa shape index (κ2) is 8.29. The summed E-state index contributed by atoms with van der Waals surface area (Å²) in [6.45, 7) is 2.57. The van der Waals surface area contributed by atoms with Crippen molar-refractivity contribution >= 4 is 5.91 Å². The third kappa shape index (κ3) is 4.47. The van der Waals surface area contributed by atoms with Crippen LogP contribution in [0.5, 0.6) is 5.75 Å². The van der Waals surface area contributed by atoms with Gasteiger partial charge in [0, 0.05) is 24.1 Å². The molecule has 0 aliphatic rings. The Bertz CT molecular complexity index is 855. The van der Waals surface area contributed by atoms with Crippen LogP contribution >= 0.6 is 0 Å². The van der Waals surface area contributed by atoms with Crippen LogP contribution in [0.1, 0.15) is 28.2 Å². The molecule has 6 nitrogen and oxygen atoms in total. The highest BCUT2D eigenvalue weighted by molar-refractivity contribution is 5.94. The van der Waals surface area contributed by atoms with E-state index < -0.39 is 0 Å². The molecule has 0 saturated carbocycles. The van der Waals surface area contributed by atoms with E-state index in [0.717, 1.165) is 17.7 Å². The number of amides is 1. The lowest BCUT2D eigenvalue weighted by Gasteiger charge is -2.05. The Morgan fingerprint density at radius 2 is 1.85 bits per heavy atom. The maximum atomic E-state index is 12.1. The fraction of sp³-hybridized carbons (Fsp3) is 0.250. The van der Waals surface area contributed by atoms with Crippen LogP contribution in [0, 0.1) is 6.92 Å². The van der Waals surface area contributed by atoms with Crippen molar-refractivity contribution in [3.05, 3.63) is 65.5 Å². The smallest absolute Gasteiger partial charge is 0.251 e. The van der Waals surface area contributed by atoms with E-state index >= 15 is 0 Å². The van der Waals surface area contributed by atoms with E-state index in [4.69, 9.17) is 9.26 Å². The molecule has 0 fully saturated rings. The molecule has 0 aliphatic carbocycles. The van der Waals surface area contributed by atoms with Gasteiger partial charge < -0.3 is 14.6 Å². The Morgan fingerprint density at radius 3 is 2.54 bits per heavy atom. The number of aromatic nitrogens is 2. The lowest BCUT2D eigenvalue weighted by Crippen LogP contribution is -2.24. The highest BCUT2D eigenvalue weighted by Crippen LogP contribution is 2.16. The first-order valence-electron chi connectivity index (χ1n) is 8.47.